The van der Waals surface area contributed by atoms with E-state index in [4.69, 9.17) is 5.73 Å². The molecule has 0 bridgehead atoms. The molecule has 0 heterocycles. The van der Waals surface area contributed by atoms with Crippen LogP contribution in [0.4, 0.5) is 10.1 Å². The van der Waals surface area contributed by atoms with E-state index in [9.17, 15) is 9.18 Å². The number of benzene rings is 2. The van der Waals surface area contributed by atoms with E-state index in [2.05, 4.69) is 21.2 Å². The lowest BCUT2D eigenvalue weighted by molar-refractivity contribution is 0.0953. The van der Waals surface area contributed by atoms with Crippen molar-refractivity contribution in [1.82, 2.24) is 5.32 Å². The van der Waals surface area contributed by atoms with Gasteiger partial charge in [-0.05, 0) is 52.2 Å². The van der Waals surface area contributed by atoms with Crippen LogP contribution in [0.3, 0.4) is 0 Å². The molecule has 2 aromatic carbocycles. The summed E-state index contributed by atoms with van der Waals surface area (Å²) in [5, 5.41) is 2.76. The first-order chi connectivity index (χ1) is 9.58. The Morgan fingerprint density at radius 1 is 1.20 bits per heavy atom. The average molecular weight is 337 g/mol. The normalized spacial score (nSPS) is 10.3. The van der Waals surface area contributed by atoms with E-state index in [1.54, 1.807) is 6.07 Å². The van der Waals surface area contributed by atoms with E-state index in [1.165, 1.54) is 12.1 Å². The topological polar surface area (TPSA) is 55.1 Å². The Balaban J connectivity index is 1.92. The first kappa shape index (κ1) is 14.5. The summed E-state index contributed by atoms with van der Waals surface area (Å²) in [6.07, 6.45) is 0.693. The molecule has 5 heteroatoms. The fourth-order valence-electron chi connectivity index (χ4n) is 1.78. The fraction of sp³-hybridized carbons (Fsp3) is 0.133. The highest BCUT2D eigenvalue weighted by molar-refractivity contribution is 9.10. The summed E-state index contributed by atoms with van der Waals surface area (Å²) in [4.78, 5) is 11.9. The molecule has 2 aromatic rings. The number of rotatable bonds is 4. The quantitative estimate of drug-likeness (QED) is 0.842. The SMILES string of the molecule is Nc1ccc(CCNC(=O)c2cccc(F)c2Br)cc1. The van der Waals surface area contributed by atoms with Gasteiger partial charge in [-0.1, -0.05) is 18.2 Å². The van der Waals surface area contributed by atoms with Crippen LogP contribution in [0.2, 0.25) is 0 Å². The Labute approximate surface area is 125 Å². The first-order valence-corrected chi connectivity index (χ1v) is 6.94. The molecule has 1 amide bonds. The molecule has 0 radical (unpaired) electrons. The van der Waals surface area contributed by atoms with Gasteiger partial charge in [0.1, 0.15) is 5.82 Å². The molecular formula is C15H14BrFN2O. The van der Waals surface area contributed by atoms with Crippen LogP contribution in [0, 0.1) is 5.82 Å². The summed E-state index contributed by atoms with van der Waals surface area (Å²) in [7, 11) is 0. The Bertz CT molecular complexity index is 614. The molecule has 0 aliphatic heterocycles. The standard InChI is InChI=1S/C15H14BrFN2O/c16-14-12(2-1-3-13(14)17)15(20)19-9-8-10-4-6-11(18)7-5-10/h1-7H,8-9,18H2,(H,19,20). The molecule has 3 nitrogen and oxygen atoms in total. The third-order valence-electron chi connectivity index (χ3n) is 2.88. The number of carbonyl (C=O) groups is 1. The summed E-state index contributed by atoms with van der Waals surface area (Å²) in [6, 6.07) is 11.9. The van der Waals surface area contributed by atoms with Crippen molar-refractivity contribution in [3.05, 3.63) is 63.9 Å². The van der Waals surface area contributed by atoms with Gasteiger partial charge in [0.2, 0.25) is 0 Å². The molecule has 0 aliphatic carbocycles. The minimum atomic E-state index is -0.448. The Morgan fingerprint density at radius 2 is 1.90 bits per heavy atom. The highest BCUT2D eigenvalue weighted by Crippen LogP contribution is 2.20. The molecule has 0 spiro atoms. The van der Waals surface area contributed by atoms with Crippen LogP contribution in [0.5, 0.6) is 0 Å². The van der Waals surface area contributed by atoms with Gasteiger partial charge in [-0.25, -0.2) is 4.39 Å². The average Bonchev–Trinajstić information content (AvgIpc) is 2.44. The molecule has 0 atom stereocenters. The maximum Gasteiger partial charge on any atom is 0.252 e. The van der Waals surface area contributed by atoms with Crippen molar-refractivity contribution < 1.29 is 9.18 Å². The van der Waals surface area contributed by atoms with Gasteiger partial charge in [-0.2, -0.15) is 0 Å². The number of halogens is 2. The van der Waals surface area contributed by atoms with Gasteiger partial charge in [0, 0.05) is 12.2 Å². The van der Waals surface area contributed by atoms with Crippen LogP contribution in [0.25, 0.3) is 0 Å². The van der Waals surface area contributed by atoms with Crippen molar-refractivity contribution in [2.45, 2.75) is 6.42 Å². The maximum atomic E-state index is 13.3. The van der Waals surface area contributed by atoms with Crippen molar-refractivity contribution in [1.29, 1.82) is 0 Å². The molecule has 0 saturated carbocycles. The van der Waals surface area contributed by atoms with Crippen LogP contribution < -0.4 is 11.1 Å². The third-order valence-corrected chi connectivity index (χ3v) is 3.68. The van der Waals surface area contributed by atoms with E-state index in [0.29, 0.717) is 24.2 Å². The molecule has 0 aliphatic rings. The summed E-state index contributed by atoms with van der Waals surface area (Å²) in [5.41, 5.74) is 7.68. The molecule has 2 rings (SSSR count). The van der Waals surface area contributed by atoms with E-state index in [0.717, 1.165) is 5.56 Å². The van der Waals surface area contributed by atoms with Crippen molar-refractivity contribution >= 4 is 27.5 Å². The molecule has 0 saturated heterocycles. The van der Waals surface area contributed by atoms with Crippen LogP contribution >= 0.6 is 15.9 Å². The van der Waals surface area contributed by atoms with Gasteiger partial charge in [0.05, 0.1) is 10.0 Å². The Kier molecular flexibility index (Phi) is 4.74. The summed E-state index contributed by atoms with van der Waals surface area (Å²) in [6.45, 7) is 0.478. The molecule has 0 aromatic heterocycles. The number of hydrogen-bond acceptors (Lipinski definition) is 2. The summed E-state index contributed by atoms with van der Waals surface area (Å²) in [5.74, 6) is -0.747. The highest BCUT2D eigenvalue weighted by Gasteiger charge is 2.12. The molecule has 20 heavy (non-hydrogen) atoms. The number of nitrogens with one attached hydrogen (secondary N) is 1. The molecule has 104 valence electrons. The van der Waals surface area contributed by atoms with Crippen molar-refractivity contribution in [3.63, 3.8) is 0 Å². The number of anilines is 1. The van der Waals surface area contributed by atoms with Crippen molar-refractivity contribution in [2.24, 2.45) is 0 Å². The second kappa shape index (κ2) is 6.52. The minimum absolute atomic E-state index is 0.185. The third kappa shape index (κ3) is 3.57. The lowest BCUT2D eigenvalue weighted by atomic mass is 10.1. The van der Waals surface area contributed by atoms with E-state index in [-0.39, 0.29) is 10.4 Å². The zero-order valence-corrected chi connectivity index (χ0v) is 12.3. The second-order valence-electron chi connectivity index (χ2n) is 4.35. The van der Waals surface area contributed by atoms with Gasteiger partial charge in [0.15, 0.2) is 0 Å². The largest absolute Gasteiger partial charge is 0.399 e. The van der Waals surface area contributed by atoms with Crippen molar-refractivity contribution in [3.8, 4) is 0 Å². The predicted molar refractivity (Wildman–Crippen MR) is 81.0 cm³/mol. The van der Waals surface area contributed by atoms with Gasteiger partial charge >= 0.3 is 0 Å². The molecule has 0 unspecified atom stereocenters. The number of hydrogen-bond donors (Lipinski definition) is 2. The van der Waals surface area contributed by atoms with E-state index >= 15 is 0 Å². The number of nitrogens with two attached hydrogens (primary N) is 1. The monoisotopic (exact) mass is 336 g/mol. The molecular weight excluding hydrogens is 323 g/mol. The van der Waals surface area contributed by atoms with E-state index < -0.39 is 5.82 Å². The molecule has 0 fully saturated rings. The Hall–Kier alpha value is -1.88. The fourth-order valence-corrected chi connectivity index (χ4v) is 2.22. The smallest absolute Gasteiger partial charge is 0.252 e. The van der Waals surface area contributed by atoms with Gasteiger partial charge in [-0.3, -0.25) is 4.79 Å². The first-order valence-electron chi connectivity index (χ1n) is 6.14. The van der Waals surface area contributed by atoms with Crippen molar-refractivity contribution in [2.75, 3.05) is 12.3 Å². The maximum absolute atomic E-state index is 13.3. The second-order valence-corrected chi connectivity index (χ2v) is 5.14. The highest BCUT2D eigenvalue weighted by atomic mass is 79.9. The zero-order chi connectivity index (χ0) is 14.5. The molecule has 3 N–H and O–H groups in total. The minimum Gasteiger partial charge on any atom is -0.399 e. The number of amides is 1. The zero-order valence-electron chi connectivity index (χ0n) is 10.7. The van der Waals surface area contributed by atoms with Gasteiger partial charge < -0.3 is 11.1 Å². The van der Waals surface area contributed by atoms with Crippen LogP contribution in [-0.2, 0) is 6.42 Å². The number of carbonyl (C=O) groups excluding carboxylic acids is 1. The summed E-state index contributed by atoms with van der Waals surface area (Å²) >= 11 is 3.08. The lowest BCUT2D eigenvalue weighted by Crippen LogP contribution is -2.26. The predicted octanol–water partition coefficient (Wildman–Crippen LogP) is 3.14. The number of nitrogen functional groups attached to an aromatic ring is 1. The Morgan fingerprint density at radius 3 is 2.60 bits per heavy atom. The van der Waals surface area contributed by atoms with Gasteiger partial charge in [0.25, 0.3) is 5.91 Å². The van der Waals surface area contributed by atoms with Crippen LogP contribution in [0.1, 0.15) is 15.9 Å². The van der Waals surface area contributed by atoms with E-state index in [1.807, 2.05) is 24.3 Å². The van der Waals surface area contributed by atoms with Crippen LogP contribution in [-0.4, -0.2) is 12.5 Å². The summed E-state index contributed by atoms with van der Waals surface area (Å²) < 4.78 is 13.5. The van der Waals surface area contributed by atoms with Gasteiger partial charge in [-0.15, -0.1) is 0 Å². The lowest BCUT2D eigenvalue weighted by Gasteiger charge is -2.07. The van der Waals surface area contributed by atoms with Crippen LogP contribution in [0.15, 0.2) is 46.9 Å².